The smallest absolute Gasteiger partial charge is 0.332 e. The first-order valence-electron chi connectivity index (χ1n) is 5.82. The van der Waals surface area contributed by atoms with Crippen LogP contribution in [0.5, 0.6) is 0 Å². The van der Waals surface area contributed by atoms with Gasteiger partial charge >= 0.3 is 5.97 Å². The van der Waals surface area contributed by atoms with E-state index in [1.54, 1.807) is 13.0 Å². The lowest BCUT2D eigenvalue weighted by Crippen LogP contribution is -2.43. The minimum absolute atomic E-state index is 0.0524. The van der Waals surface area contributed by atoms with Gasteiger partial charge in [-0.05, 0) is 19.1 Å². The van der Waals surface area contributed by atoms with Gasteiger partial charge in [0.05, 0.1) is 23.2 Å². The number of nitrogens with zero attached hydrogens (tertiary/aromatic N) is 2. The summed E-state index contributed by atoms with van der Waals surface area (Å²) in [6.07, 6.45) is 0. The number of rotatable bonds is 5. The molecule has 0 aliphatic carbocycles. The normalized spacial score (nSPS) is 11.1. The summed E-state index contributed by atoms with van der Waals surface area (Å²) in [6.45, 7) is 1.60. The van der Waals surface area contributed by atoms with Gasteiger partial charge in [-0.15, -0.1) is 0 Å². The van der Waals surface area contributed by atoms with Gasteiger partial charge in [-0.1, -0.05) is 0 Å². The number of benzene rings is 1. The maximum atomic E-state index is 11.7. The van der Waals surface area contributed by atoms with Crippen molar-refractivity contribution in [3.63, 3.8) is 0 Å². The molecule has 3 N–H and O–H groups in total. The largest absolute Gasteiger partial charge is 0.464 e. The Hall–Kier alpha value is -2.99. The van der Waals surface area contributed by atoms with Crippen LogP contribution in [0.3, 0.4) is 0 Å². The highest BCUT2D eigenvalue weighted by Gasteiger charge is 2.26. The predicted molar refractivity (Wildman–Crippen MR) is 71.0 cm³/mol. The van der Waals surface area contributed by atoms with Crippen molar-refractivity contribution in [2.24, 2.45) is 5.73 Å². The van der Waals surface area contributed by atoms with Crippen LogP contribution in [0.4, 0.5) is 11.4 Å². The van der Waals surface area contributed by atoms with E-state index < -0.39 is 28.5 Å². The van der Waals surface area contributed by atoms with E-state index in [4.69, 9.17) is 11.0 Å². The molecule has 0 heterocycles. The number of esters is 1. The van der Waals surface area contributed by atoms with Gasteiger partial charge in [0.1, 0.15) is 5.69 Å². The second-order valence-corrected chi connectivity index (χ2v) is 3.82. The van der Waals surface area contributed by atoms with Gasteiger partial charge in [0.15, 0.2) is 6.04 Å². The van der Waals surface area contributed by atoms with Gasteiger partial charge in [0.25, 0.3) is 11.6 Å². The van der Waals surface area contributed by atoms with E-state index in [9.17, 15) is 19.7 Å². The standard InChI is InChI=1S/C12H12N4O5/c1-2-21-12(18)10(14)11(17)15-8-4-3-7(6-13)5-9(8)16(19)20/h3-5,10H,2,14H2,1H3,(H,15,17). The summed E-state index contributed by atoms with van der Waals surface area (Å²) in [4.78, 5) is 33.2. The third kappa shape index (κ3) is 3.99. The molecule has 0 spiro atoms. The van der Waals surface area contributed by atoms with E-state index in [0.717, 1.165) is 6.07 Å². The summed E-state index contributed by atoms with van der Waals surface area (Å²) in [5.74, 6) is -1.88. The zero-order valence-electron chi connectivity index (χ0n) is 11.0. The molecule has 0 saturated heterocycles. The molecule has 1 rings (SSSR count). The molecule has 0 aliphatic heterocycles. The molecule has 9 heteroatoms. The minimum atomic E-state index is -1.60. The number of nitrogens with two attached hydrogens (primary N) is 1. The van der Waals surface area contributed by atoms with Gasteiger partial charge in [0, 0.05) is 6.07 Å². The van der Waals surface area contributed by atoms with Crippen LogP contribution in [0.2, 0.25) is 0 Å². The van der Waals surface area contributed by atoms with Gasteiger partial charge in [0.2, 0.25) is 0 Å². The van der Waals surface area contributed by atoms with E-state index >= 15 is 0 Å². The highest BCUT2D eigenvalue weighted by Crippen LogP contribution is 2.25. The first-order chi connectivity index (χ1) is 9.90. The zero-order chi connectivity index (χ0) is 16.0. The molecule has 1 aromatic carbocycles. The first-order valence-corrected chi connectivity index (χ1v) is 5.82. The lowest BCUT2D eigenvalue weighted by atomic mass is 10.2. The number of nitro benzene ring substituents is 1. The number of amides is 1. The van der Waals surface area contributed by atoms with Crippen molar-refractivity contribution in [2.75, 3.05) is 11.9 Å². The molecule has 0 fully saturated rings. The topological polar surface area (TPSA) is 148 Å². The summed E-state index contributed by atoms with van der Waals surface area (Å²) in [5.41, 5.74) is 4.80. The number of anilines is 1. The Bertz CT molecular complexity index is 623. The third-order valence-corrected chi connectivity index (χ3v) is 2.40. The van der Waals surface area contributed by atoms with Gasteiger partial charge < -0.3 is 15.8 Å². The molecule has 9 nitrogen and oxygen atoms in total. The maximum Gasteiger partial charge on any atom is 0.332 e. The molecule has 1 aromatic rings. The molecule has 0 saturated carbocycles. The lowest BCUT2D eigenvalue weighted by molar-refractivity contribution is -0.384. The molecule has 1 atom stereocenters. The van der Waals surface area contributed by atoms with E-state index in [-0.39, 0.29) is 17.9 Å². The van der Waals surface area contributed by atoms with Crippen molar-refractivity contribution >= 4 is 23.3 Å². The van der Waals surface area contributed by atoms with Crippen LogP contribution in [0.1, 0.15) is 12.5 Å². The van der Waals surface area contributed by atoms with Crippen molar-refractivity contribution in [3.05, 3.63) is 33.9 Å². The summed E-state index contributed by atoms with van der Waals surface area (Å²) in [5, 5.41) is 21.8. The average Bonchev–Trinajstić information content (AvgIpc) is 2.46. The second kappa shape index (κ2) is 6.97. The van der Waals surface area contributed by atoms with E-state index in [1.165, 1.54) is 12.1 Å². The van der Waals surface area contributed by atoms with Gasteiger partial charge in [-0.25, -0.2) is 4.79 Å². The molecule has 0 aromatic heterocycles. The Labute approximate surface area is 119 Å². The van der Waals surface area contributed by atoms with Crippen LogP contribution >= 0.6 is 0 Å². The molecular formula is C12H12N4O5. The summed E-state index contributed by atoms with van der Waals surface area (Å²) >= 11 is 0. The average molecular weight is 292 g/mol. The lowest BCUT2D eigenvalue weighted by Gasteiger charge is -2.11. The van der Waals surface area contributed by atoms with Crippen LogP contribution in [0, 0.1) is 21.4 Å². The van der Waals surface area contributed by atoms with Crippen molar-refractivity contribution in [1.29, 1.82) is 5.26 Å². The number of nitrogens with one attached hydrogen (secondary N) is 1. The fraction of sp³-hybridized carbons (Fsp3) is 0.250. The van der Waals surface area contributed by atoms with Crippen molar-refractivity contribution in [2.45, 2.75) is 13.0 Å². The number of ether oxygens (including phenoxy) is 1. The van der Waals surface area contributed by atoms with Crippen molar-refractivity contribution in [1.82, 2.24) is 0 Å². The monoisotopic (exact) mass is 292 g/mol. The van der Waals surface area contributed by atoms with Crippen molar-refractivity contribution < 1.29 is 19.2 Å². The number of hydrogen-bond donors (Lipinski definition) is 2. The van der Waals surface area contributed by atoms with Gasteiger partial charge in [-0.3, -0.25) is 14.9 Å². The number of carbonyl (C=O) groups excluding carboxylic acids is 2. The fourth-order valence-electron chi connectivity index (χ4n) is 1.41. The number of carbonyl (C=O) groups is 2. The predicted octanol–water partition coefficient (Wildman–Crippen LogP) is 0.295. The van der Waals surface area contributed by atoms with E-state index in [1.807, 2.05) is 0 Å². The zero-order valence-corrected chi connectivity index (χ0v) is 11.0. The Morgan fingerprint density at radius 3 is 2.76 bits per heavy atom. The highest BCUT2D eigenvalue weighted by molar-refractivity contribution is 6.08. The summed E-state index contributed by atoms with van der Waals surface area (Å²) in [6, 6.07) is 3.63. The maximum absolute atomic E-state index is 11.7. The SMILES string of the molecule is CCOC(=O)C(N)C(=O)Nc1ccc(C#N)cc1[N+](=O)[O-]. The van der Waals surface area contributed by atoms with Crippen LogP contribution in [-0.4, -0.2) is 29.4 Å². The summed E-state index contributed by atoms with van der Waals surface area (Å²) in [7, 11) is 0. The van der Waals surface area contributed by atoms with Crippen LogP contribution in [0.25, 0.3) is 0 Å². The fourth-order valence-corrected chi connectivity index (χ4v) is 1.41. The first kappa shape index (κ1) is 16.1. The molecule has 1 amide bonds. The molecule has 1 unspecified atom stereocenters. The van der Waals surface area contributed by atoms with Crippen LogP contribution in [-0.2, 0) is 14.3 Å². The molecule has 110 valence electrons. The molecule has 0 aliphatic rings. The molecule has 0 radical (unpaired) electrons. The number of nitriles is 1. The van der Waals surface area contributed by atoms with E-state index in [0.29, 0.717) is 0 Å². The van der Waals surface area contributed by atoms with E-state index in [2.05, 4.69) is 10.1 Å². The number of hydrogen-bond acceptors (Lipinski definition) is 7. The minimum Gasteiger partial charge on any atom is -0.464 e. The highest BCUT2D eigenvalue weighted by atomic mass is 16.6. The Balaban J connectivity index is 2.98. The quantitative estimate of drug-likeness (QED) is 0.343. The molecular weight excluding hydrogens is 280 g/mol. The van der Waals surface area contributed by atoms with Crippen molar-refractivity contribution in [3.8, 4) is 6.07 Å². The Morgan fingerprint density at radius 2 is 2.24 bits per heavy atom. The Morgan fingerprint density at radius 1 is 1.57 bits per heavy atom. The number of nitro groups is 1. The van der Waals surface area contributed by atoms with Crippen LogP contribution < -0.4 is 11.1 Å². The second-order valence-electron chi connectivity index (χ2n) is 3.82. The Kier molecular flexibility index (Phi) is 5.33. The van der Waals surface area contributed by atoms with Crippen LogP contribution in [0.15, 0.2) is 18.2 Å². The third-order valence-electron chi connectivity index (χ3n) is 2.40. The summed E-state index contributed by atoms with van der Waals surface area (Å²) < 4.78 is 4.58. The molecule has 0 bridgehead atoms. The molecule has 21 heavy (non-hydrogen) atoms. The van der Waals surface area contributed by atoms with Gasteiger partial charge in [-0.2, -0.15) is 5.26 Å².